The molecule has 2 aromatic rings. The second kappa shape index (κ2) is 13.1. The topological polar surface area (TPSA) is 32.7 Å². The molecule has 32 heavy (non-hydrogen) atoms. The third-order valence-electron chi connectivity index (χ3n) is 3.98. The van der Waals surface area contributed by atoms with Gasteiger partial charge in [0.05, 0.1) is 37.5 Å². The highest BCUT2D eigenvalue weighted by molar-refractivity contribution is 5.33. The smallest absolute Gasteiger partial charge is 0.392 e. The second-order valence-electron chi connectivity index (χ2n) is 6.46. The Bertz CT molecular complexity index is 808. The van der Waals surface area contributed by atoms with Gasteiger partial charge in [0.15, 0.2) is 0 Å². The lowest BCUT2D eigenvalue weighted by atomic mass is 10.1. The molecule has 0 atom stereocenters. The van der Waals surface area contributed by atoms with Crippen LogP contribution in [-0.2, 0) is 23.7 Å². The molecule has 0 spiro atoms. The third-order valence-corrected chi connectivity index (χ3v) is 3.98. The van der Waals surface area contributed by atoms with Crippen molar-refractivity contribution in [2.24, 2.45) is 0 Å². The SMILES string of the molecule is C#CCN1CCOCC1.Fc1ccccc1.OCc1cc(C(F)(F)F)cc(C(F)(F)F)c1. The summed E-state index contributed by atoms with van der Waals surface area (Å²) in [5, 5.41) is 8.58. The summed E-state index contributed by atoms with van der Waals surface area (Å²) < 4.78 is 90.4. The lowest BCUT2D eigenvalue weighted by molar-refractivity contribution is -0.143. The van der Waals surface area contributed by atoms with Crippen molar-refractivity contribution in [3.63, 3.8) is 0 Å². The molecule has 1 N–H and O–H groups in total. The van der Waals surface area contributed by atoms with Gasteiger partial charge in [-0.05, 0) is 35.9 Å². The number of halogens is 7. The summed E-state index contributed by atoms with van der Waals surface area (Å²) >= 11 is 0. The highest BCUT2D eigenvalue weighted by Gasteiger charge is 2.36. The van der Waals surface area contributed by atoms with Crippen molar-refractivity contribution in [1.29, 1.82) is 0 Å². The molecule has 0 amide bonds. The fraction of sp³-hybridized carbons (Fsp3) is 0.364. The maximum Gasteiger partial charge on any atom is 0.416 e. The van der Waals surface area contributed by atoms with E-state index in [0.717, 1.165) is 32.8 Å². The van der Waals surface area contributed by atoms with Crippen LogP contribution in [0.1, 0.15) is 16.7 Å². The highest BCUT2D eigenvalue weighted by atomic mass is 19.4. The van der Waals surface area contributed by atoms with Gasteiger partial charge in [-0.3, -0.25) is 4.90 Å². The van der Waals surface area contributed by atoms with Crippen LogP contribution in [0.25, 0.3) is 0 Å². The fourth-order valence-electron chi connectivity index (χ4n) is 2.41. The first-order valence-corrected chi connectivity index (χ1v) is 9.30. The molecule has 2 aromatic carbocycles. The molecule has 1 heterocycles. The molecule has 0 aromatic heterocycles. The summed E-state index contributed by atoms with van der Waals surface area (Å²) in [5.41, 5.74) is -3.28. The van der Waals surface area contributed by atoms with Gasteiger partial charge in [-0.15, -0.1) is 6.42 Å². The maximum absolute atomic E-state index is 12.2. The third kappa shape index (κ3) is 10.6. The maximum atomic E-state index is 12.2. The largest absolute Gasteiger partial charge is 0.416 e. The lowest BCUT2D eigenvalue weighted by Crippen LogP contribution is -2.36. The van der Waals surface area contributed by atoms with Crippen LogP contribution in [-0.4, -0.2) is 42.9 Å². The van der Waals surface area contributed by atoms with Crippen LogP contribution in [0.15, 0.2) is 48.5 Å². The molecule has 0 unspecified atom stereocenters. The molecule has 0 bridgehead atoms. The minimum Gasteiger partial charge on any atom is -0.392 e. The first-order chi connectivity index (χ1) is 15.0. The monoisotopic (exact) mass is 465 g/mol. The normalized spacial score (nSPS) is 14.3. The van der Waals surface area contributed by atoms with Crippen LogP contribution < -0.4 is 0 Å². The molecule has 3 nitrogen and oxygen atoms in total. The van der Waals surface area contributed by atoms with Crippen molar-refractivity contribution < 1.29 is 40.6 Å². The Labute approximate surface area is 181 Å². The van der Waals surface area contributed by atoms with Gasteiger partial charge >= 0.3 is 12.4 Å². The number of hydrogen-bond donors (Lipinski definition) is 1. The van der Waals surface area contributed by atoms with Gasteiger partial charge in [-0.2, -0.15) is 26.3 Å². The molecule has 1 saturated heterocycles. The van der Waals surface area contributed by atoms with Gasteiger partial charge in [0.25, 0.3) is 0 Å². The van der Waals surface area contributed by atoms with Gasteiger partial charge in [-0.1, -0.05) is 24.1 Å². The number of aliphatic hydroxyl groups excluding tert-OH is 1. The van der Waals surface area contributed by atoms with Crippen molar-refractivity contribution >= 4 is 0 Å². The molecule has 0 aliphatic carbocycles. The number of nitrogens with zero attached hydrogens (tertiary/aromatic N) is 1. The Balaban J connectivity index is 0.000000267. The zero-order chi connectivity index (χ0) is 24.2. The van der Waals surface area contributed by atoms with Crippen LogP contribution in [0.5, 0.6) is 0 Å². The van der Waals surface area contributed by atoms with E-state index in [0.29, 0.717) is 12.1 Å². The number of alkyl halides is 6. The zero-order valence-electron chi connectivity index (χ0n) is 16.9. The van der Waals surface area contributed by atoms with E-state index in [-0.39, 0.29) is 11.9 Å². The Morgan fingerprint density at radius 1 is 0.906 bits per heavy atom. The first-order valence-electron chi connectivity index (χ1n) is 9.30. The number of terminal acetylenes is 1. The van der Waals surface area contributed by atoms with Crippen LogP contribution >= 0.6 is 0 Å². The van der Waals surface area contributed by atoms with Crippen molar-refractivity contribution in [2.75, 3.05) is 32.8 Å². The predicted molar refractivity (Wildman–Crippen MR) is 105 cm³/mol. The molecular formula is C22H22F7NO2. The Hall–Kier alpha value is -2.61. The molecular weight excluding hydrogens is 443 g/mol. The number of morpholine rings is 1. The molecule has 1 aliphatic heterocycles. The van der Waals surface area contributed by atoms with E-state index >= 15 is 0 Å². The van der Waals surface area contributed by atoms with E-state index in [9.17, 15) is 30.7 Å². The van der Waals surface area contributed by atoms with Gasteiger partial charge in [0.1, 0.15) is 5.82 Å². The molecule has 10 heteroatoms. The van der Waals surface area contributed by atoms with E-state index < -0.39 is 35.6 Å². The number of hydrogen-bond acceptors (Lipinski definition) is 3. The van der Waals surface area contributed by atoms with Gasteiger partial charge in [0.2, 0.25) is 0 Å². The van der Waals surface area contributed by atoms with E-state index in [1.807, 2.05) is 0 Å². The van der Waals surface area contributed by atoms with Crippen molar-refractivity contribution in [2.45, 2.75) is 19.0 Å². The Morgan fingerprint density at radius 2 is 1.41 bits per heavy atom. The number of rotatable bonds is 2. The van der Waals surface area contributed by atoms with E-state index in [4.69, 9.17) is 16.3 Å². The zero-order valence-corrected chi connectivity index (χ0v) is 16.9. The quantitative estimate of drug-likeness (QED) is 0.501. The van der Waals surface area contributed by atoms with Gasteiger partial charge < -0.3 is 9.84 Å². The Morgan fingerprint density at radius 3 is 1.75 bits per heavy atom. The first kappa shape index (κ1) is 27.4. The summed E-state index contributed by atoms with van der Waals surface area (Å²) in [6.45, 7) is 3.54. The molecule has 1 fully saturated rings. The van der Waals surface area contributed by atoms with Crippen molar-refractivity contribution in [3.05, 3.63) is 71.0 Å². The minimum atomic E-state index is -4.87. The van der Waals surface area contributed by atoms with Gasteiger partial charge in [0, 0.05) is 13.1 Å². The summed E-state index contributed by atoms with van der Waals surface area (Å²) in [4.78, 5) is 2.21. The van der Waals surface area contributed by atoms with Crippen LogP contribution in [0.4, 0.5) is 30.7 Å². The predicted octanol–water partition coefficient (Wildman–Crippen LogP) is 4.99. The fourth-order valence-corrected chi connectivity index (χ4v) is 2.41. The summed E-state index contributed by atoms with van der Waals surface area (Å²) in [6, 6.07) is 8.91. The van der Waals surface area contributed by atoms with Crippen LogP contribution in [0.2, 0.25) is 0 Å². The molecule has 1 aliphatic rings. The van der Waals surface area contributed by atoms with Crippen LogP contribution in [0.3, 0.4) is 0 Å². The van der Waals surface area contributed by atoms with Crippen molar-refractivity contribution in [1.82, 2.24) is 4.90 Å². The molecule has 3 rings (SSSR count). The minimum absolute atomic E-state index is 0.0131. The molecule has 176 valence electrons. The molecule has 0 saturated carbocycles. The lowest BCUT2D eigenvalue weighted by Gasteiger charge is -2.23. The van der Waals surface area contributed by atoms with E-state index in [1.54, 1.807) is 18.2 Å². The second-order valence-corrected chi connectivity index (χ2v) is 6.46. The van der Waals surface area contributed by atoms with E-state index in [2.05, 4.69) is 10.8 Å². The van der Waals surface area contributed by atoms with E-state index in [1.165, 1.54) is 12.1 Å². The highest BCUT2D eigenvalue weighted by Crippen LogP contribution is 2.36. The number of ether oxygens (including phenoxy) is 1. The Kier molecular flexibility index (Phi) is 11.2. The summed E-state index contributed by atoms with van der Waals surface area (Å²) in [6.07, 6.45) is -4.61. The number of aliphatic hydroxyl groups is 1. The average molecular weight is 465 g/mol. The standard InChI is InChI=1S/C9H6F6O.C7H11NO.C6H5F/c10-8(11,12)6-1-5(4-16)2-7(3-6)9(13,14)15;1-2-3-8-4-6-9-7-5-8;7-6-4-2-1-3-5-6/h1-3,16H,4H2;1H,3-7H2;1-5H. The summed E-state index contributed by atoms with van der Waals surface area (Å²) in [7, 11) is 0. The summed E-state index contributed by atoms with van der Waals surface area (Å²) in [5.74, 6) is 2.43. The number of benzene rings is 2. The van der Waals surface area contributed by atoms with Gasteiger partial charge in [-0.25, -0.2) is 4.39 Å². The van der Waals surface area contributed by atoms with Crippen LogP contribution in [0, 0.1) is 18.2 Å². The average Bonchev–Trinajstić information content (AvgIpc) is 2.75. The van der Waals surface area contributed by atoms with Crippen molar-refractivity contribution in [3.8, 4) is 12.3 Å². The molecule has 0 radical (unpaired) electrons.